The zero-order valence-corrected chi connectivity index (χ0v) is 23.5. The number of amides is 3. The number of para-hydroxylation sites is 1. The van der Waals surface area contributed by atoms with Crippen LogP contribution in [0.2, 0.25) is 0 Å². The Balaban J connectivity index is 1.67. The minimum absolute atomic E-state index is 0.129. The van der Waals surface area contributed by atoms with Crippen molar-refractivity contribution >= 4 is 29.3 Å². The van der Waals surface area contributed by atoms with Gasteiger partial charge in [0.25, 0.3) is 5.91 Å². The van der Waals surface area contributed by atoms with E-state index in [1.165, 1.54) is 0 Å². The molecule has 0 saturated heterocycles. The Labute approximate surface area is 235 Å². The molecule has 1 unspecified atom stereocenters. The molecule has 1 fully saturated rings. The van der Waals surface area contributed by atoms with E-state index in [1.807, 2.05) is 57.2 Å². The summed E-state index contributed by atoms with van der Waals surface area (Å²) in [6.07, 6.45) is 4.48. The van der Waals surface area contributed by atoms with E-state index in [2.05, 4.69) is 16.0 Å². The summed E-state index contributed by atoms with van der Waals surface area (Å²) in [5, 5.41) is 18.4. The molecule has 0 radical (unpaired) electrons. The molecule has 0 heterocycles. The summed E-state index contributed by atoms with van der Waals surface area (Å²) in [6.45, 7) is 5.85. The molecule has 1 aliphatic rings. The maximum atomic E-state index is 13.5. The summed E-state index contributed by atoms with van der Waals surface area (Å²) in [7, 11) is 1.58. The SMILES string of the molecule is COc1ccccc1-c1ccc(C(=O)NC(C(=O)O)C2CCCCC2)c(NC(=O)Nc2c(C)cc(C)cc2C)c1. The predicted octanol–water partition coefficient (Wildman–Crippen LogP) is 6.69. The highest BCUT2D eigenvalue weighted by molar-refractivity contribution is 6.08. The third-order valence-corrected chi connectivity index (χ3v) is 7.52. The van der Waals surface area contributed by atoms with E-state index in [1.54, 1.807) is 25.3 Å². The zero-order chi connectivity index (χ0) is 28.8. The summed E-state index contributed by atoms with van der Waals surface area (Å²) < 4.78 is 5.52. The van der Waals surface area contributed by atoms with Crippen LogP contribution in [0.25, 0.3) is 11.1 Å². The minimum atomic E-state index is -1.05. The largest absolute Gasteiger partial charge is 0.496 e. The molecular weight excluding hydrogens is 506 g/mol. The molecule has 3 aromatic carbocycles. The van der Waals surface area contributed by atoms with E-state index in [-0.39, 0.29) is 17.2 Å². The number of carboxylic acid groups (broad SMARTS) is 1. The lowest BCUT2D eigenvalue weighted by molar-refractivity contribution is -0.141. The lowest BCUT2D eigenvalue weighted by Crippen LogP contribution is -2.46. The van der Waals surface area contributed by atoms with Crippen molar-refractivity contribution in [3.05, 3.63) is 76.9 Å². The van der Waals surface area contributed by atoms with Crippen LogP contribution >= 0.6 is 0 Å². The quantitative estimate of drug-likeness (QED) is 0.252. The van der Waals surface area contributed by atoms with Crippen LogP contribution in [0.15, 0.2) is 54.6 Å². The third-order valence-electron chi connectivity index (χ3n) is 7.52. The lowest BCUT2D eigenvalue weighted by Gasteiger charge is -2.28. The summed E-state index contributed by atoms with van der Waals surface area (Å²) in [6, 6.07) is 15.0. The second-order valence-electron chi connectivity index (χ2n) is 10.5. The Kier molecular flexibility index (Phi) is 9.09. The van der Waals surface area contributed by atoms with Gasteiger partial charge in [-0.3, -0.25) is 4.79 Å². The van der Waals surface area contributed by atoms with Crippen LogP contribution in [0.4, 0.5) is 16.2 Å². The van der Waals surface area contributed by atoms with Gasteiger partial charge in [0.05, 0.1) is 18.4 Å². The first kappa shape index (κ1) is 28.7. The molecule has 1 aliphatic carbocycles. The van der Waals surface area contributed by atoms with Crippen LogP contribution in [0, 0.1) is 26.7 Å². The van der Waals surface area contributed by atoms with E-state index in [4.69, 9.17) is 4.74 Å². The van der Waals surface area contributed by atoms with Crippen molar-refractivity contribution in [2.45, 2.75) is 58.9 Å². The standard InChI is InChI=1S/C32H37N3O5/c1-19-16-20(2)28(21(3)17-19)35-32(39)33-26-18-23(24-12-8-9-13-27(24)40-4)14-15-25(26)30(36)34-29(31(37)38)22-10-6-5-7-11-22/h8-9,12-18,22,29H,5-7,10-11H2,1-4H3,(H,34,36)(H,37,38)(H2,33,35,39). The van der Waals surface area contributed by atoms with Crippen molar-refractivity contribution in [1.29, 1.82) is 0 Å². The first-order chi connectivity index (χ1) is 19.2. The molecule has 3 amide bonds. The molecule has 4 rings (SSSR count). The number of carbonyl (C=O) groups excluding carboxylic acids is 2. The van der Waals surface area contributed by atoms with Gasteiger partial charge in [-0.2, -0.15) is 0 Å². The highest BCUT2D eigenvalue weighted by Crippen LogP contribution is 2.33. The van der Waals surface area contributed by atoms with Crippen molar-refractivity contribution < 1.29 is 24.2 Å². The van der Waals surface area contributed by atoms with Crippen molar-refractivity contribution in [2.24, 2.45) is 5.92 Å². The summed E-state index contributed by atoms with van der Waals surface area (Å²) in [5.74, 6) is -1.09. The smallest absolute Gasteiger partial charge is 0.326 e. The van der Waals surface area contributed by atoms with Crippen LogP contribution < -0.4 is 20.7 Å². The van der Waals surface area contributed by atoms with Crippen molar-refractivity contribution in [3.63, 3.8) is 0 Å². The third kappa shape index (κ3) is 6.62. The number of anilines is 2. The molecular formula is C32H37N3O5. The number of benzene rings is 3. The fourth-order valence-electron chi connectivity index (χ4n) is 5.61. The minimum Gasteiger partial charge on any atom is -0.496 e. The van der Waals surface area contributed by atoms with Gasteiger partial charge in [0.1, 0.15) is 11.8 Å². The zero-order valence-electron chi connectivity index (χ0n) is 23.5. The Hall–Kier alpha value is -4.33. The molecule has 40 heavy (non-hydrogen) atoms. The number of carboxylic acids is 1. The number of carbonyl (C=O) groups is 3. The van der Waals surface area contributed by atoms with Gasteiger partial charge in [-0.1, -0.05) is 61.2 Å². The Morgan fingerprint density at radius 3 is 2.23 bits per heavy atom. The number of rotatable bonds is 8. The summed E-state index contributed by atoms with van der Waals surface area (Å²) in [5.41, 5.74) is 5.58. The highest BCUT2D eigenvalue weighted by atomic mass is 16.5. The molecule has 0 aliphatic heterocycles. The number of nitrogens with one attached hydrogen (secondary N) is 3. The van der Waals surface area contributed by atoms with E-state index >= 15 is 0 Å². The highest BCUT2D eigenvalue weighted by Gasteiger charge is 2.31. The van der Waals surface area contributed by atoms with Crippen LogP contribution in [-0.4, -0.2) is 36.2 Å². The molecule has 1 saturated carbocycles. The number of methoxy groups -OCH3 is 1. The van der Waals surface area contributed by atoms with Gasteiger partial charge in [-0.25, -0.2) is 9.59 Å². The van der Waals surface area contributed by atoms with Crippen LogP contribution in [-0.2, 0) is 4.79 Å². The second kappa shape index (κ2) is 12.7. The molecule has 1 atom stereocenters. The predicted molar refractivity (Wildman–Crippen MR) is 157 cm³/mol. The summed E-state index contributed by atoms with van der Waals surface area (Å²) >= 11 is 0. The molecule has 0 spiro atoms. The van der Waals surface area contributed by atoms with Gasteiger partial charge in [0.2, 0.25) is 0 Å². The normalized spacial score (nSPS) is 14.2. The van der Waals surface area contributed by atoms with Gasteiger partial charge in [-0.15, -0.1) is 0 Å². The molecule has 210 valence electrons. The molecule has 3 aromatic rings. The van der Waals surface area contributed by atoms with Gasteiger partial charge < -0.3 is 25.8 Å². The van der Waals surface area contributed by atoms with Crippen LogP contribution in [0.5, 0.6) is 5.75 Å². The number of ether oxygens (including phenoxy) is 1. The molecule has 4 N–H and O–H groups in total. The van der Waals surface area contributed by atoms with E-state index in [9.17, 15) is 19.5 Å². The average molecular weight is 544 g/mol. The van der Waals surface area contributed by atoms with Gasteiger partial charge in [-0.05, 0) is 74.4 Å². The van der Waals surface area contributed by atoms with Crippen LogP contribution in [0.3, 0.4) is 0 Å². The Morgan fingerprint density at radius 1 is 0.900 bits per heavy atom. The number of urea groups is 1. The molecule has 8 heteroatoms. The van der Waals surface area contributed by atoms with Crippen LogP contribution in [0.1, 0.15) is 59.2 Å². The molecule has 0 aromatic heterocycles. The van der Waals surface area contributed by atoms with Gasteiger partial charge in [0, 0.05) is 11.3 Å². The van der Waals surface area contributed by atoms with Crippen molar-refractivity contribution in [3.8, 4) is 16.9 Å². The van der Waals surface area contributed by atoms with E-state index in [0.717, 1.165) is 59.9 Å². The summed E-state index contributed by atoms with van der Waals surface area (Å²) in [4.78, 5) is 38.9. The fraction of sp³-hybridized carbons (Fsp3) is 0.344. The first-order valence-electron chi connectivity index (χ1n) is 13.6. The number of aliphatic carboxylic acids is 1. The molecule has 0 bridgehead atoms. The van der Waals surface area contributed by atoms with Gasteiger partial charge in [0.15, 0.2) is 0 Å². The number of hydrogen-bond acceptors (Lipinski definition) is 4. The maximum absolute atomic E-state index is 13.5. The van der Waals surface area contributed by atoms with E-state index < -0.39 is 23.9 Å². The van der Waals surface area contributed by atoms with E-state index in [0.29, 0.717) is 11.4 Å². The Bertz CT molecular complexity index is 1390. The maximum Gasteiger partial charge on any atom is 0.326 e. The van der Waals surface area contributed by atoms with Gasteiger partial charge >= 0.3 is 12.0 Å². The van der Waals surface area contributed by atoms with Crippen molar-refractivity contribution in [2.75, 3.05) is 17.7 Å². The first-order valence-corrected chi connectivity index (χ1v) is 13.6. The number of aryl methyl sites for hydroxylation is 3. The number of hydrogen-bond donors (Lipinski definition) is 4. The fourth-order valence-corrected chi connectivity index (χ4v) is 5.61. The Morgan fingerprint density at radius 2 is 1.57 bits per heavy atom. The monoisotopic (exact) mass is 543 g/mol. The second-order valence-corrected chi connectivity index (χ2v) is 10.5. The van der Waals surface area contributed by atoms with Crippen molar-refractivity contribution in [1.82, 2.24) is 5.32 Å². The molecule has 8 nitrogen and oxygen atoms in total. The topological polar surface area (TPSA) is 117 Å². The lowest BCUT2D eigenvalue weighted by atomic mass is 9.83. The average Bonchev–Trinajstić information content (AvgIpc) is 2.93.